The Bertz CT molecular complexity index is 62.6. The van der Waals surface area contributed by atoms with Crippen LogP contribution in [0.5, 0.6) is 0 Å². The molecule has 0 aromatic heterocycles. The van der Waals surface area contributed by atoms with Crippen LogP contribution >= 0.6 is 34.6 Å². The summed E-state index contributed by atoms with van der Waals surface area (Å²) >= 11 is 3.30. The Morgan fingerprint density at radius 2 is 2.50 bits per heavy atom. The van der Waals surface area contributed by atoms with E-state index in [1.165, 1.54) is 11.8 Å². The molecule has 0 saturated heterocycles. The molecular formula is C2H5IN2S. The Morgan fingerprint density at radius 1 is 2.00 bits per heavy atom. The minimum atomic E-state index is 0.621. The lowest BCUT2D eigenvalue weighted by Gasteiger charge is -1.82. The molecule has 2 nitrogen and oxygen atoms in total. The topological polar surface area (TPSA) is 38.4 Å². The monoisotopic (exact) mass is 216 g/mol. The molecule has 36 valence electrons. The number of nitrogens with two attached hydrogens (primary N) is 1. The van der Waals surface area contributed by atoms with Crippen LogP contribution in [-0.4, -0.2) is 11.4 Å². The highest BCUT2D eigenvalue weighted by Gasteiger charge is 1.77. The molecule has 0 bridgehead atoms. The summed E-state index contributed by atoms with van der Waals surface area (Å²) in [5.41, 5.74) is 5.18. The molecule has 6 heavy (non-hydrogen) atoms. The van der Waals surface area contributed by atoms with E-state index in [1.54, 1.807) is 0 Å². The molecular weight excluding hydrogens is 211 g/mol. The number of thioether (sulfide) groups is 1. The van der Waals surface area contributed by atoms with Gasteiger partial charge < -0.3 is 5.73 Å². The molecule has 0 amide bonds. The second-order valence-corrected chi connectivity index (χ2v) is 1.94. The third-order valence-electron chi connectivity index (χ3n) is 0.292. The molecule has 0 aliphatic heterocycles. The van der Waals surface area contributed by atoms with Crippen LogP contribution in [0, 0.1) is 0 Å². The first-order valence-corrected chi connectivity index (χ1v) is 3.48. The highest BCUT2D eigenvalue weighted by atomic mass is 127. The second-order valence-electron chi connectivity index (χ2n) is 0.627. The highest BCUT2D eigenvalue weighted by molar-refractivity contribution is 14.1. The third kappa shape index (κ3) is 2.77. The minimum Gasteiger partial charge on any atom is -0.378 e. The molecule has 0 unspecified atom stereocenters. The van der Waals surface area contributed by atoms with Crippen LogP contribution in [0.25, 0.3) is 0 Å². The van der Waals surface area contributed by atoms with Crippen molar-refractivity contribution in [3.63, 3.8) is 0 Å². The summed E-state index contributed by atoms with van der Waals surface area (Å²) in [6, 6.07) is 0. The maximum atomic E-state index is 5.18. The number of amidine groups is 1. The van der Waals surface area contributed by atoms with Crippen molar-refractivity contribution in [2.45, 2.75) is 0 Å². The zero-order chi connectivity index (χ0) is 4.99. The van der Waals surface area contributed by atoms with Gasteiger partial charge in [-0.3, -0.25) is 0 Å². The smallest absolute Gasteiger partial charge is 0.164 e. The lowest BCUT2D eigenvalue weighted by atomic mass is 11.4. The van der Waals surface area contributed by atoms with Gasteiger partial charge in [0.15, 0.2) is 5.17 Å². The summed E-state index contributed by atoms with van der Waals surface area (Å²) in [4.78, 5) is 0. The van der Waals surface area contributed by atoms with Gasteiger partial charge in [0.1, 0.15) is 0 Å². The van der Waals surface area contributed by atoms with E-state index in [2.05, 4.69) is 3.21 Å². The van der Waals surface area contributed by atoms with Crippen molar-refractivity contribution in [1.82, 2.24) is 0 Å². The van der Waals surface area contributed by atoms with Gasteiger partial charge in [0.2, 0.25) is 0 Å². The third-order valence-corrected chi connectivity index (χ3v) is 1.65. The normalized spacial score (nSPS) is 12.0. The van der Waals surface area contributed by atoms with Crippen LogP contribution in [0.15, 0.2) is 3.21 Å². The van der Waals surface area contributed by atoms with E-state index >= 15 is 0 Å². The summed E-state index contributed by atoms with van der Waals surface area (Å²) < 4.78 is 3.63. The van der Waals surface area contributed by atoms with Crippen LogP contribution in [0.2, 0.25) is 0 Å². The van der Waals surface area contributed by atoms with Gasteiger partial charge in [-0.1, -0.05) is 11.8 Å². The molecule has 0 aromatic carbocycles. The van der Waals surface area contributed by atoms with Crippen LogP contribution in [0.4, 0.5) is 0 Å². The zero-order valence-electron chi connectivity index (χ0n) is 3.31. The summed E-state index contributed by atoms with van der Waals surface area (Å²) in [5, 5.41) is 0.621. The fourth-order valence-electron chi connectivity index (χ4n) is 0.0345. The van der Waals surface area contributed by atoms with Gasteiger partial charge in [0, 0.05) is 0 Å². The van der Waals surface area contributed by atoms with E-state index < -0.39 is 0 Å². The molecule has 0 saturated carbocycles. The molecule has 0 radical (unpaired) electrons. The maximum absolute atomic E-state index is 5.18. The molecule has 2 N–H and O–H groups in total. The van der Waals surface area contributed by atoms with Crippen LogP contribution in [-0.2, 0) is 0 Å². The molecule has 0 aliphatic carbocycles. The average Bonchev–Trinajstić information content (AvgIpc) is 1.65. The zero-order valence-corrected chi connectivity index (χ0v) is 6.28. The Hall–Kier alpha value is 0.550. The summed E-state index contributed by atoms with van der Waals surface area (Å²) in [5.74, 6) is 0. The van der Waals surface area contributed by atoms with E-state index in [0.29, 0.717) is 5.17 Å². The maximum Gasteiger partial charge on any atom is 0.164 e. The number of nitrogens with zero attached hydrogens (tertiary/aromatic N) is 1. The Morgan fingerprint density at radius 3 is 2.50 bits per heavy atom. The average molecular weight is 216 g/mol. The second kappa shape index (κ2) is 3.73. The molecule has 0 spiro atoms. The Labute approximate surface area is 55.1 Å². The predicted octanol–water partition coefficient (Wildman–Crippen LogP) is 1.01. The largest absolute Gasteiger partial charge is 0.378 e. The Kier molecular flexibility index (Phi) is 4.07. The number of hydrogen-bond donors (Lipinski definition) is 1. The summed E-state index contributed by atoms with van der Waals surface area (Å²) in [6.45, 7) is 0. The fourth-order valence-corrected chi connectivity index (χ4v) is 0.694. The minimum absolute atomic E-state index is 0.621. The molecule has 0 atom stereocenters. The number of halogens is 1. The van der Waals surface area contributed by atoms with Crippen molar-refractivity contribution >= 4 is 39.8 Å². The van der Waals surface area contributed by atoms with Crippen molar-refractivity contribution in [3.8, 4) is 0 Å². The van der Waals surface area contributed by atoms with Crippen molar-refractivity contribution < 1.29 is 0 Å². The lowest BCUT2D eigenvalue weighted by Crippen LogP contribution is -2.02. The van der Waals surface area contributed by atoms with Gasteiger partial charge in [0.25, 0.3) is 0 Å². The van der Waals surface area contributed by atoms with Gasteiger partial charge in [-0.2, -0.15) is 3.21 Å². The number of hydrogen-bond acceptors (Lipinski definition) is 2. The van der Waals surface area contributed by atoms with Gasteiger partial charge in [-0.15, -0.1) is 0 Å². The first-order valence-electron chi connectivity index (χ1n) is 1.29. The van der Waals surface area contributed by atoms with E-state index in [9.17, 15) is 0 Å². The standard InChI is InChI=1S/C2H5IN2S/c1-6-2(4)5-3/h1H3,(H2,4,5). The van der Waals surface area contributed by atoms with Crippen molar-refractivity contribution in [3.05, 3.63) is 0 Å². The van der Waals surface area contributed by atoms with Crippen LogP contribution in [0.1, 0.15) is 0 Å². The van der Waals surface area contributed by atoms with Gasteiger partial charge >= 0.3 is 0 Å². The van der Waals surface area contributed by atoms with E-state index in [0.717, 1.165) is 0 Å². The van der Waals surface area contributed by atoms with E-state index in [1.807, 2.05) is 29.1 Å². The molecule has 0 aromatic rings. The highest BCUT2D eigenvalue weighted by Crippen LogP contribution is 1.93. The fraction of sp³-hybridized carbons (Fsp3) is 0.500. The quantitative estimate of drug-likeness (QED) is 0.373. The van der Waals surface area contributed by atoms with Crippen molar-refractivity contribution in [1.29, 1.82) is 0 Å². The van der Waals surface area contributed by atoms with Crippen molar-refractivity contribution in [2.24, 2.45) is 8.94 Å². The number of rotatable bonds is 0. The Balaban J connectivity index is 3.22. The van der Waals surface area contributed by atoms with Gasteiger partial charge in [0.05, 0.1) is 22.9 Å². The molecule has 0 aliphatic rings. The lowest BCUT2D eigenvalue weighted by molar-refractivity contribution is 1.79. The SMILES string of the molecule is CS/C(N)=N\I. The molecule has 0 heterocycles. The summed E-state index contributed by atoms with van der Waals surface area (Å²) in [6.07, 6.45) is 1.89. The summed E-state index contributed by atoms with van der Waals surface area (Å²) in [7, 11) is 0. The van der Waals surface area contributed by atoms with Crippen LogP contribution in [0.3, 0.4) is 0 Å². The van der Waals surface area contributed by atoms with Gasteiger partial charge in [-0.05, 0) is 6.26 Å². The van der Waals surface area contributed by atoms with E-state index in [-0.39, 0.29) is 0 Å². The first kappa shape index (κ1) is 6.55. The van der Waals surface area contributed by atoms with Gasteiger partial charge in [-0.25, -0.2) is 0 Å². The molecule has 0 fully saturated rings. The molecule has 4 heteroatoms. The van der Waals surface area contributed by atoms with E-state index in [4.69, 9.17) is 5.73 Å². The predicted molar refractivity (Wildman–Crippen MR) is 39.2 cm³/mol. The van der Waals surface area contributed by atoms with Crippen LogP contribution < -0.4 is 5.73 Å². The molecule has 0 rings (SSSR count). The first-order chi connectivity index (χ1) is 2.81. The van der Waals surface area contributed by atoms with Crippen molar-refractivity contribution in [2.75, 3.05) is 6.26 Å².